The zero-order chi connectivity index (χ0) is 14.9. The zero-order valence-electron chi connectivity index (χ0n) is 11.7. The van der Waals surface area contributed by atoms with Gasteiger partial charge >= 0.3 is 11.9 Å². The predicted molar refractivity (Wildman–Crippen MR) is 73.6 cm³/mol. The van der Waals surface area contributed by atoms with Crippen molar-refractivity contribution in [1.82, 2.24) is 0 Å². The summed E-state index contributed by atoms with van der Waals surface area (Å²) < 4.78 is 16.2. The number of ether oxygens (including phenoxy) is 3. The van der Waals surface area contributed by atoms with Gasteiger partial charge in [-0.25, -0.2) is 9.59 Å². The van der Waals surface area contributed by atoms with E-state index in [0.717, 1.165) is 0 Å². The van der Waals surface area contributed by atoms with Crippen molar-refractivity contribution in [2.75, 3.05) is 6.61 Å². The third-order valence-electron chi connectivity index (χ3n) is 3.68. The van der Waals surface area contributed by atoms with Crippen molar-refractivity contribution >= 4 is 11.9 Å². The lowest BCUT2D eigenvalue weighted by molar-refractivity contribution is -0.155. The highest BCUT2D eigenvalue weighted by Crippen LogP contribution is 2.37. The molecule has 5 nitrogen and oxygen atoms in total. The second-order valence-electron chi connectivity index (χ2n) is 5.07. The second-order valence-corrected chi connectivity index (χ2v) is 5.07. The summed E-state index contributed by atoms with van der Waals surface area (Å²) in [6.07, 6.45) is 2.64. The number of carbonyl (C=O) groups is 2. The number of carbonyl (C=O) groups excluding carboxylic acids is 2. The van der Waals surface area contributed by atoms with Gasteiger partial charge in [-0.05, 0) is 31.2 Å². The largest absolute Gasteiger partial charge is 0.456 e. The van der Waals surface area contributed by atoms with Gasteiger partial charge in [0, 0.05) is 13.0 Å². The molecule has 1 aromatic rings. The lowest BCUT2D eigenvalue weighted by Gasteiger charge is -2.26. The molecular formula is C16H16O5. The summed E-state index contributed by atoms with van der Waals surface area (Å²) >= 11 is 0. The van der Waals surface area contributed by atoms with Crippen LogP contribution in [0.15, 0.2) is 42.5 Å². The summed E-state index contributed by atoms with van der Waals surface area (Å²) in [4.78, 5) is 24.0. The van der Waals surface area contributed by atoms with Crippen LogP contribution in [0, 0.1) is 0 Å². The van der Waals surface area contributed by atoms with Crippen LogP contribution in [0.3, 0.4) is 0 Å². The van der Waals surface area contributed by atoms with Crippen molar-refractivity contribution in [3.63, 3.8) is 0 Å². The van der Waals surface area contributed by atoms with Gasteiger partial charge in [-0.15, -0.1) is 0 Å². The zero-order valence-corrected chi connectivity index (χ0v) is 11.7. The van der Waals surface area contributed by atoms with Crippen molar-refractivity contribution in [3.8, 4) is 0 Å². The molecule has 1 saturated heterocycles. The van der Waals surface area contributed by atoms with Crippen LogP contribution in [-0.2, 0) is 19.0 Å². The third-order valence-corrected chi connectivity index (χ3v) is 3.68. The first-order valence-electron chi connectivity index (χ1n) is 6.95. The van der Waals surface area contributed by atoms with Gasteiger partial charge in [-0.2, -0.15) is 0 Å². The Balaban J connectivity index is 1.73. The fourth-order valence-corrected chi connectivity index (χ4v) is 2.66. The van der Waals surface area contributed by atoms with Gasteiger partial charge in [0.15, 0.2) is 11.7 Å². The van der Waals surface area contributed by atoms with E-state index < -0.39 is 29.7 Å². The van der Waals surface area contributed by atoms with Crippen LogP contribution in [0.25, 0.3) is 0 Å². The molecule has 0 spiro atoms. The Labute approximate surface area is 122 Å². The van der Waals surface area contributed by atoms with Crippen LogP contribution in [0.2, 0.25) is 0 Å². The fourth-order valence-electron chi connectivity index (χ4n) is 2.66. The highest BCUT2D eigenvalue weighted by atomic mass is 16.6. The Morgan fingerprint density at radius 2 is 2.14 bits per heavy atom. The maximum atomic E-state index is 12.0. The van der Waals surface area contributed by atoms with Gasteiger partial charge in [0.1, 0.15) is 6.10 Å². The SMILES string of the molecule is CCO[C@@]12C=C[C@@H](OC(=O)c3ccccc3)[C@@H](C1)OC2=O. The minimum Gasteiger partial charge on any atom is -0.456 e. The second kappa shape index (κ2) is 5.33. The molecule has 0 aromatic heterocycles. The van der Waals surface area contributed by atoms with E-state index in [2.05, 4.69) is 0 Å². The molecule has 1 heterocycles. The Morgan fingerprint density at radius 1 is 1.38 bits per heavy atom. The maximum Gasteiger partial charge on any atom is 0.343 e. The topological polar surface area (TPSA) is 61.8 Å². The predicted octanol–water partition coefficient (Wildman–Crippen LogP) is 1.87. The van der Waals surface area contributed by atoms with E-state index in [-0.39, 0.29) is 0 Å². The number of esters is 2. The molecule has 0 radical (unpaired) electrons. The van der Waals surface area contributed by atoms with E-state index in [1.54, 1.807) is 36.4 Å². The monoisotopic (exact) mass is 288 g/mol. The standard InChI is InChI=1S/C16H16O5/c1-2-19-16-9-8-12(13(10-16)21-15(16)18)20-14(17)11-6-4-3-5-7-11/h3-9,12-13H,2,10H2,1H3/t12-,13-,16+/m1/s1. The summed E-state index contributed by atoms with van der Waals surface area (Å²) in [5.41, 5.74) is -0.536. The van der Waals surface area contributed by atoms with Gasteiger partial charge in [0.05, 0.1) is 5.56 Å². The van der Waals surface area contributed by atoms with E-state index in [0.29, 0.717) is 18.6 Å². The van der Waals surface area contributed by atoms with Gasteiger partial charge in [-0.1, -0.05) is 18.2 Å². The molecule has 1 fully saturated rings. The fraction of sp³-hybridized carbons (Fsp3) is 0.375. The Bertz CT molecular complexity index is 580. The Morgan fingerprint density at radius 3 is 2.86 bits per heavy atom. The molecule has 0 N–H and O–H groups in total. The van der Waals surface area contributed by atoms with E-state index in [4.69, 9.17) is 14.2 Å². The van der Waals surface area contributed by atoms with E-state index in [9.17, 15) is 9.59 Å². The summed E-state index contributed by atoms with van der Waals surface area (Å²) in [5, 5.41) is 0. The third kappa shape index (κ3) is 2.45. The smallest absolute Gasteiger partial charge is 0.343 e. The minimum absolute atomic E-state index is 0.378. The number of hydrogen-bond donors (Lipinski definition) is 0. The minimum atomic E-state index is -1.00. The van der Waals surface area contributed by atoms with Crippen LogP contribution in [0.4, 0.5) is 0 Å². The lowest BCUT2D eigenvalue weighted by atomic mass is 9.90. The van der Waals surface area contributed by atoms with Crippen LogP contribution in [0.5, 0.6) is 0 Å². The average molecular weight is 288 g/mol. The number of fused-ring (bicyclic) bond motifs is 2. The lowest BCUT2D eigenvalue weighted by Crippen LogP contribution is -2.39. The summed E-state index contributed by atoms with van der Waals surface area (Å²) in [6.45, 7) is 2.24. The number of hydrogen-bond acceptors (Lipinski definition) is 5. The summed E-state index contributed by atoms with van der Waals surface area (Å²) in [5.74, 6) is -0.846. The first kappa shape index (κ1) is 13.8. The first-order valence-corrected chi connectivity index (χ1v) is 6.95. The van der Waals surface area contributed by atoms with Crippen molar-refractivity contribution in [3.05, 3.63) is 48.0 Å². The van der Waals surface area contributed by atoms with Crippen molar-refractivity contribution < 1.29 is 23.8 Å². The molecular weight excluding hydrogens is 272 g/mol. The molecule has 0 amide bonds. The summed E-state index contributed by atoms with van der Waals surface area (Å²) in [6, 6.07) is 8.72. The van der Waals surface area contributed by atoms with Crippen molar-refractivity contribution in [2.24, 2.45) is 0 Å². The van der Waals surface area contributed by atoms with Gasteiger partial charge in [-0.3, -0.25) is 0 Å². The first-order chi connectivity index (χ1) is 10.1. The normalized spacial score (nSPS) is 30.0. The highest BCUT2D eigenvalue weighted by Gasteiger charge is 2.54. The molecule has 1 aromatic carbocycles. The van der Waals surface area contributed by atoms with Crippen molar-refractivity contribution in [2.45, 2.75) is 31.2 Å². The van der Waals surface area contributed by atoms with Crippen LogP contribution in [0.1, 0.15) is 23.7 Å². The molecule has 0 unspecified atom stereocenters. The van der Waals surface area contributed by atoms with E-state index in [1.807, 2.05) is 13.0 Å². The van der Waals surface area contributed by atoms with Gasteiger partial charge in [0.25, 0.3) is 0 Å². The molecule has 3 atom stereocenters. The van der Waals surface area contributed by atoms with Crippen molar-refractivity contribution in [1.29, 1.82) is 0 Å². The number of rotatable bonds is 4. The van der Waals surface area contributed by atoms with E-state index >= 15 is 0 Å². The molecule has 5 heteroatoms. The van der Waals surface area contributed by atoms with Gasteiger partial charge < -0.3 is 14.2 Å². The quantitative estimate of drug-likeness (QED) is 0.625. The highest BCUT2D eigenvalue weighted by molar-refractivity contribution is 5.90. The summed E-state index contributed by atoms with van der Waals surface area (Å²) in [7, 11) is 0. The maximum absolute atomic E-state index is 12.0. The molecule has 2 aliphatic rings. The Kier molecular flexibility index (Phi) is 3.51. The molecule has 0 saturated carbocycles. The molecule has 1 aliphatic carbocycles. The van der Waals surface area contributed by atoms with Crippen LogP contribution < -0.4 is 0 Å². The van der Waals surface area contributed by atoms with E-state index in [1.165, 1.54) is 0 Å². The van der Waals surface area contributed by atoms with Crippen LogP contribution in [-0.4, -0.2) is 36.4 Å². The average Bonchev–Trinajstić information content (AvgIpc) is 2.76. The molecule has 21 heavy (non-hydrogen) atoms. The van der Waals surface area contributed by atoms with Crippen LogP contribution >= 0.6 is 0 Å². The molecule has 2 bridgehead atoms. The molecule has 3 rings (SSSR count). The molecule has 1 aliphatic heterocycles. The molecule has 110 valence electrons. The van der Waals surface area contributed by atoms with Gasteiger partial charge in [0.2, 0.25) is 0 Å². The Hall–Kier alpha value is -2.14. The number of benzene rings is 1.